The number of carbonyl (C=O) groups excluding carboxylic acids is 1. The molecule has 0 spiro atoms. The van der Waals surface area contributed by atoms with Crippen LogP contribution >= 0.6 is 34.7 Å². The number of thiazole rings is 1. The number of anilines is 2. The van der Waals surface area contributed by atoms with Gasteiger partial charge in [-0.25, -0.2) is 9.78 Å². The third kappa shape index (κ3) is 3.75. The zero-order valence-corrected chi connectivity index (χ0v) is 15.3. The highest BCUT2D eigenvalue weighted by Crippen LogP contribution is 2.30. The zero-order chi connectivity index (χ0) is 17.1. The molecule has 0 saturated heterocycles. The zero-order valence-electron chi connectivity index (χ0n) is 12.9. The molecule has 2 amide bonds. The number of benzene rings is 2. The number of ether oxygens (including phenoxy) is 1. The largest absolute Gasteiger partial charge is 0.495 e. The summed E-state index contributed by atoms with van der Waals surface area (Å²) in [6.45, 7) is 0. The second kappa shape index (κ2) is 7.29. The predicted molar refractivity (Wildman–Crippen MR) is 102 cm³/mol. The summed E-state index contributed by atoms with van der Waals surface area (Å²) < 4.78 is 6.23. The maximum absolute atomic E-state index is 12.2. The average molecular weight is 380 g/mol. The summed E-state index contributed by atoms with van der Waals surface area (Å²) in [4.78, 5) is 17.8. The Hall–Kier alpha value is -1.96. The van der Waals surface area contributed by atoms with Crippen LogP contribution in [0.1, 0.15) is 0 Å². The molecule has 3 rings (SSSR count). The first-order valence-corrected chi connectivity index (χ1v) is 9.37. The van der Waals surface area contributed by atoms with Gasteiger partial charge >= 0.3 is 6.03 Å². The number of aromatic nitrogens is 1. The number of urea groups is 1. The molecule has 5 nitrogen and oxygen atoms in total. The summed E-state index contributed by atoms with van der Waals surface area (Å²) in [5.74, 6) is 0.531. The smallest absolute Gasteiger partial charge is 0.325 e. The summed E-state index contributed by atoms with van der Waals surface area (Å²) >= 11 is 9.05. The van der Waals surface area contributed by atoms with Gasteiger partial charge < -0.3 is 10.1 Å². The lowest BCUT2D eigenvalue weighted by atomic mass is 10.3. The summed E-state index contributed by atoms with van der Waals surface area (Å²) in [5, 5.41) is 6.50. The predicted octanol–water partition coefficient (Wildman–Crippen LogP) is 5.32. The summed E-state index contributed by atoms with van der Waals surface area (Å²) in [6, 6.07) is 10.6. The topological polar surface area (TPSA) is 63.2 Å². The van der Waals surface area contributed by atoms with Crippen molar-refractivity contribution in [3.8, 4) is 5.75 Å². The molecule has 0 aliphatic rings. The second-order valence-electron chi connectivity index (χ2n) is 4.78. The van der Waals surface area contributed by atoms with Gasteiger partial charge in [0.25, 0.3) is 0 Å². The molecule has 0 unspecified atom stereocenters. The van der Waals surface area contributed by atoms with Crippen molar-refractivity contribution in [3.63, 3.8) is 0 Å². The van der Waals surface area contributed by atoms with Crippen molar-refractivity contribution < 1.29 is 9.53 Å². The van der Waals surface area contributed by atoms with E-state index in [4.69, 9.17) is 16.3 Å². The molecular weight excluding hydrogens is 366 g/mol. The quantitative estimate of drug-likeness (QED) is 0.602. The number of rotatable bonds is 4. The molecule has 2 aromatic carbocycles. The van der Waals surface area contributed by atoms with Crippen LogP contribution in [0.3, 0.4) is 0 Å². The number of hydrogen-bond donors (Lipinski definition) is 2. The Kier molecular flexibility index (Phi) is 5.13. The molecule has 0 radical (unpaired) electrons. The molecule has 24 heavy (non-hydrogen) atoms. The maximum atomic E-state index is 12.2. The number of carbonyl (C=O) groups is 1. The Morgan fingerprint density at radius 3 is 2.83 bits per heavy atom. The molecule has 1 heterocycles. The SMILES string of the molecule is COc1ccc(Cl)cc1NC(=O)Nc1nc2ccc(SC)cc2s1. The van der Waals surface area contributed by atoms with Crippen LogP contribution in [0.2, 0.25) is 5.02 Å². The van der Waals surface area contributed by atoms with E-state index in [1.807, 2.05) is 18.4 Å². The maximum Gasteiger partial charge on any atom is 0.325 e. The summed E-state index contributed by atoms with van der Waals surface area (Å²) in [6.07, 6.45) is 2.02. The molecule has 124 valence electrons. The highest BCUT2D eigenvalue weighted by atomic mass is 35.5. The molecule has 0 bridgehead atoms. The molecule has 0 fully saturated rings. The molecule has 8 heteroatoms. The molecule has 0 aliphatic carbocycles. The summed E-state index contributed by atoms with van der Waals surface area (Å²) in [5.41, 5.74) is 1.35. The van der Waals surface area contributed by atoms with Crippen LogP contribution < -0.4 is 15.4 Å². The van der Waals surface area contributed by atoms with Gasteiger partial charge in [-0.3, -0.25) is 5.32 Å². The van der Waals surface area contributed by atoms with E-state index >= 15 is 0 Å². The Labute approximate surface area is 152 Å². The Bertz CT molecular complexity index is 898. The lowest BCUT2D eigenvalue weighted by Crippen LogP contribution is -2.19. The Morgan fingerprint density at radius 2 is 2.08 bits per heavy atom. The minimum atomic E-state index is -0.403. The van der Waals surface area contributed by atoms with E-state index in [9.17, 15) is 4.79 Å². The van der Waals surface area contributed by atoms with E-state index in [-0.39, 0.29) is 0 Å². The van der Waals surface area contributed by atoms with Crippen LogP contribution in [0.25, 0.3) is 10.2 Å². The van der Waals surface area contributed by atoms with Gasteiger partial charge in [-0.15, -0.1) is 11.8 Å². The molecular formula is C16H14ClN3O2S2. The van der Waals surface area contributed by atoms with Gasteiger partial charge in [0.05, 0.1) is 23.0 Å². The van der Waals surface area contributed by atoms with Crippen molar-refractivity contribution in [1.82, 2.24) is 4.98 Å². The fourth-order valence-electron chi connectivity index (χ4n) is 2.11. The minimum absolute atomic E-state index is 0.403. The Morgan fingerprint density at radius 1 is 1.25 bits per heavy atom. The molecule has 0 aliphatic heterocycles. The van der Waals surface area contributed by atoms with Gasteiger partial charge in [-0.05, 0) is 42.7 Å². The van der Waals surface area contributed by atoms with Crippen molar-refractivity contribution >= 4 is 61.8 Å². The normalized spacial score (nSPS) is 10.6. The lowest BCUT2D eigenvalue weighted by molar-refractivity contribution is 0.262. The Balaban J connectivity index is 1.76. The van der Waals surface area contributed by atoms with Crippen molar-refractivity contribution in [3.05, 3.63) is 41.4 Å². The van der Waals surface area contributed by atoms with Crippen molar-refractivity contribution in [1.29, 1.82) is 0 Å². The van der Waals surface area contributed by atoms with Gasteiger partial charge in [0.2, 0.25) is 0 Å². The fourth-order valence-corrected chi connectivity index (χ4v) is 3.70. The van der Waals surface area contributed by atoms with Crippen LogP contribution in [0.5, 0.6) is 5.75 Å². The number of methoxy groups -OCH3 is 1. The monoisotopic (exact) mass is 379 g/mol. The van der Waals surface area contributed by atoms with Gasteiger partial charge in [-0.2, -0.15) is 0 Å². The number of nitrogens with one attached hydrogen (secondary N) is 2. The van der Waals surface area contributed by atoms with Crippen LogP contribution in [-0.2, 0) is 0 Å². The minimum Gasteiger partial charge on any atom is -0.495 e. The van der Waals surface area contributed by atoms with Crippen molar-refractivity contribution in [2.24, 2.45) is 0 Å². The molecule has 0 saturated carbocycles. The number of thioether (sulfide) groups is 1. The van der Waals surface area contributed by atoms with Gasteiger partial charge in [0, 0.05) is 9.92 Å². The summed E-state index contributed by atoms with van der Waals surface area (Å²) in [7, 11) is 1.53. The average Bonchev–Trinajstić information content (AvgIpc) is 2.95. The third-order valence-corrected chi connectivity index (χ3v) is 5.12. The highest BCUT2D eigenvalue weighted by Gasteiger charge is 2.11. The number of halogens is 1. The van der Waals surface area contributed by atoms with Crippen LogP contribution in [0.4, 0.5) is 15.6 Å². The number of nitrogens with zero attached hydrogens (tertiary/aromatic N) is 1. The first-order chi connectivity index (χ1) is 11.6. The van der Waals surface area contributed by atoms with E-state index in [0.29, 0.717) is 21.6 Å². The van der Waals surface area contributed by atoms with Crippen LogP contribution in [-0.4, -0.2) is 24.4 Å². The first kappa shape index (κ1) is 16.9. The van der Waals surface area contributed by atoms with E-state index in [0.717, 1.165) is 15.1 Å². The molecule has 1 aromatic heterocycles. The second-order valence-corrected chi connectivity index (χ2v) is 7.12. The van der Waals surface area contributed by atoms with Crippen molar-refractivity contribution in [2.45, 2.75) is 4.90 Å². The van der Waals surface area contributed by atoms with E-state index in [1.54, 1.807) is 30.0 Å². The molecule has 3 aromatic rings. The van der Waals surface area contributed by atoms with Gasteiger partial charge in [0.1, 0.15) is 5.75 Å². The highest BCUT2D eigenvalue weighted by molar-refractivity contribution is 7.98. The standard InChI is InChI=1S/C16H14ClN3O2S2/c1-22-13-6-3-9(17)7-12(13)18-15(21)20-16-19-11-5-4-10(23-2)8-14(11)24-16/h3-8H,1-2H3,(H2,18,19,20,21). The van der Waals surface area contributed by atoms with E-state index < -0.39 is 6.03 Å². The molecule has 2 N–H and O–H groups in total. The van der Waals surface area contributed by atoms with Gasteiger partial charge in [0.15, 0.2) is 5.13 Å². The number of fused-ring (bicyclic) bond motifs is 1. The number of hydrogen-bond acceptors (Lipinski definition) is 5. The first-order valence-electron chi connectivity index (χ1n) is 6.95. The number of amides is 2. The lowest BCUT2D eigenvalue weighted by Gasteiger charge is -2.10. The van der Waals surface area contributed by atoms with Gasteiger partial charge in [-0.1, -0.05) is 22.9 Å². The van der Waals surface area contributed by atoms with E-state index in [2.05, 4.69) is 21.7 Å². The van der Waals surface area contributed by atoms with Crippen LogP contribution in [0, 0.1) is 0 Å². The van der Waals surface area contributed by atoms with Crippen molar-refractivity contribution in [2.75, 3.05) is 24.0 Å². The third-order valence-electron chi connectivity index (χ3n) is 3.23. The van der Waals surface area contributed by atoms with Crippen LogP contribution in [0.15, 0.2) is 41.3 Å². The fraction of sp³-hybridized carbons (Fsp3) is 0.125. The molecule has 0 atom stereocenters. The van der Waals surface area contributed by atoms with E-state index in [1.165, 1.54) is 18.4 Å².